The monoisotopic (exact) mass is 614 g/mol. The molecule has 4 rings (SSSR count). The lowest BCUT2D eigenvalue weighted by molar-refractivity contribution is 0.0556. The van der Waals surface area contributed by atoms with Crippen molar-refractivity contribution in [3.8, 4) is 0 Å². The number of anilines is 2. The highest BCUT2D eigenvalue weighted by Crippen LogP contribution is 2.27. The normalized spacial score (nSPS) is 19.2. The molecule has 2 heterocycles. The lowest BCUT2D eigenvalue weighted by atomic mass is 10.1. The average molecular weight is 615 g/mol. The van der Waals surface area contributed by atoms with Crippen LogP contribution in [-0.2, 0) is 30.8 Å². The Morgan fingerprint density at radius 2 is 1.05 bits per heavy atom. The van der Waals surface area contributed by atoms with Crippen LogP contribution in [0, 0.1) is 0 Å². The largest absolute Gasteiger partial charge is 0.443 e. The summed E-state index contributed by atoms with van der Waals surface area (Å²) in [5.74, 6) is -0.269. The second kappa shape index (κ2) is 13.2. The van der Waals surface area contributed by atoms with Crippen LogP contribution in [-0.4, -0.2) is 70.1 Å². The van der Waals surface area contributed by atoms with Crippen LogP contribution in [0.1, 0.15) is 65.5 Å². The molecule has 2 aliphatic rings. The molecule has 0 spiro atoms. The summed E-state index contributed by atoms with van der Waals surface area (Å²) in [4.78, 5) is 29.4. The molecule has 2 N–H and O–H groups in total. The number of carbonyl (C=O) groups excluding carboxylic acids is 2. The van der Waals surface area contributed by atoms with Crippen molar-refractivity contribution in [1.82, 2.24) is 10.6 Å². The van der Waals surface area contributed by atoms with Gasteiger partial charge in [-0.25, -0.2) is 18.0 Å². The molecule has 2 aliphatic heterocycles. The minimum atomic E-state index is -3.50. The van der Waals surface area contributed by atoms with Crippen LogP contribution < -0.4 is 20.4 Å². The van der Waals surface area contributed by atoms with Gasteiger partial charge in [0, 0.05) is 24.5 Å². The summed E-state index contributed by atoms with van der Waals surface area (Å²) in [5, 5.41) is 6.57. The molecule has 2 unspecified atom stereocenters. The van der Waals surface area contributed by atoms with Gasteiger partial charge in [0.15, 0.2) is 9.84 Å². The Balaban J connectivity index is 1.44. The first-order chi connectivity index (χ1) is 20.1. The van der Waals surface area contributed by atoms with Crippen LogP contribution in [0.3, 0.4) is 0 Å². The summed E-state index contributed by atoms with van der Waals surface area (Å²) in [5.41, 5.74) is 1.36. The van der Waals surface area contributed by atoms with Crippen molar-refractivity contribution in [2.24, 2.45) is 0 Å². The van der Waals surface area contributed by atoms with Crippen molar-refractivity contribution in [2.45, 2.75) is 89.2 Å². The van der Waals surface area contributed by atoms with Crippen molar-refractivity contribution < 1.29 is 27.5 Å². The summed E-state index contributed by atoms with van der Waals surface area (Å²) in [6, 6.07) is 14.1. The van der Waals surface area contributed by atoms with Crippen LogP contribution >= 0.6 is 0 Å². The van der Waals surface area contributed by atoms with Gasteiger partial charge >= 0.3 is 12.2 Å². The van der Waals surface area contributed by atoms with Crippen LogP contribution in [0.25, 0.3) is 0 Å². The van der Waals surface area contributed by atoms with Gasteiger partial charge in [-0.1, -0.05) is 24.3 Å². The third-order valence-electron chi connectivity index (χ3n) is 7.18. The van der Waals surface area contributed by atoms with E-state index in [-0.39, 0.29) is 23.6 Å². The molecule has 0 bridgehead atoms. The number of amides is 2. The predicted octanol–water partition coefficient (Wildman–Crippen LogP) is 5.01. The van der Waals surface area contributed by atoms with Gasteiger partial charge in [-0.3, -0.25) is 9.80 Å². The Kier molecular flexibility index (Phi) is 10.1. The summed E-state index contributed by atoms with van der Waals surface area (Å²) in [6.45, 7) is 14.0. The standard InChI is InChI=1S/C32H46N4O6S/c1-31(2,3)41-29(37)35(27-15-17-33-19-27)25-11-7-23(8-12-25)21-43(39,40)22-24-9-13-26(14-10-24)36(28-16-18-34-20-28)30(38)42-32(4,5)6/h7-14,27-28,33-34H,15-22H2,1-6H3. The predicted molar refractivity (Wildman–Crippen MR) is 169 cm³/mol. The zero-order chi connectivity index (χ0) is 31.4. The molecule has 2 aromatic rings. The fourth-order valence-corrected chi connectivity index (χ4v) is 6.84. The third-order valence-corrected chi connectivity index (χ3v) is 8.73. The Morgan fingerprint density at radius 1 is 0.698 bits per heavy atom. The Labute approximate surface area is 256 Å². The fourth-order valence-electron chi connectivity index (χ4n) is 5.34. The topological polar surface area (TPSA) is 117 Å². The molecule has 2 fully saturated rings. The van der Waals surface area contributed by atoms with Gasteiger partial charge in [-0.2, -0.15) is 0 Å². The molecular weight excluding hydrogens is 568 g/mol. The third kappa shape index (κ3) is 9.42. The first-order valence-electron chi connectivity index (χ1n) is 14.9. The number of nitrogens with one attached hydrogen (secondary N) is 2. The molecular formula is C32H46N4O6S. The van der Waals surface area contributed by atoms with Crippen LogP contribution in [0.2, 0.25) is 0 Å². The number of hydrogen-bond acceptors (Lipinski definition) is 8. The number of carbonyl (C=O) groups is 2. The molecule has 2 aromatic carbocycles. The van der Waals surface area contributed by atoms with Crippen molar-refractivity contribution >= 4 is 33.4 Å². The number of sulfone groups is 1. The van der Waals surface area contributed by atoms with Gasteiger partial charge in [0.25, 0.3) is 0 Å². The van der Waals surface area contributed by atoms with E-state index in [1.165, 1.54) is 0 Å². The van der Waals surface area contributed by atoms with Crippen LogP contribution in [0.15, 0.2) is 48.5 Å². The van der Waals surface area contributed by atoms with Gasteiger partial charge in [-0.15, -0.1) is 0 Å². The molecule has 2 amide bonds. The van der Waals surface area contributed by atoms with Gasteiger partial charge in [-0.05, 0) is 103 Å². The van der Waals surface area contributed by atoms with E-state index in [9.17, 15) is 18.0 Å². The van der Waals surface area contributed by atoms with Gasteiger partial charge < -0.3 is 20.1 Å². The zero-order valence-electron chi connectivity index (χ0n) is 26.2. The Morgan fingerprint density at radius 3 is 1.33 bits per heavy atom. The first-order valence-corrected chi connectivity index (χ1v) is 16.8. The molecule has 11 heteroatoms. The highest BCUT2D eigenvalue weighted by atomic mass is 32.2. The minimum Gasteiger partial charge on any atom is -0.443 e. The molecule has 0 saturated carbocycles. The van der Waals surface area contributed by atoms with Gasteiger partial charge in [0.05, 0.1) is 23.6 Å². The summed E-state index contributed by atoms with van der Waals surface area (Å²) >= 11 is 0. The average Bonchev–Trinajstić information content (AvgIpc) is 3.59. The summed E-state index contributed by atoms with van der Waals surface area (Å²) < 4.78 is 37.7. The smallest absolute Gasteiger partial charge is 0.415 e. The van der Waals surface area contributed by atoms with Crippen LogP contribution in [0.5, 0.6) is 0 Å². The number of hydrogen-bond donors (Lipinski definition) is 2. The summed E-state index contributed by atoms with van der Waals surface area (Å²) in [6.07, 6.45) is 0.779. The number of nitrogens with zero attached hydrogens (tertiary/aromatic N) is 2. The second-order valence-electron chi connectivity index (χ2n) is 13.4. The molecule has 2 atom stereocenters. The van der Waals surface area contributed by atoms with E-state index in [2.05, 4.69) is 10.6 Å². The van der Waals surface area contributed by atoms with E-state index in [1.807, 2.05) is 41.5 Å². The maximum Gasteiger partial charge on any atom is 0.415 e. The van der Waals surface area contributed by atoms with Crippen molar-refractivity contribution in [3.05, 3.63) is 59.7 Å². The fraction of sp³-hybridized carbons (Fsp3) is 0.562. The van der Waals surface area contributed by atoms with E-state index >= 15 is 0 Å². The second-order valence-corrected chi connectivity index (χ2v) is 15.4. The van der Waals surface area contributed by atoms with E-state index < -0.39 is 33.2 Å². The molecule has 236 valence electrons. The molecule has 43 heavy (non-hydrogen) atoms. The van der Waals surface area contributed by atoms with E-state index in [0.717, 1.165) is 25.9 Å². The quantitative estimate of drug-likeness (QED) is 0.426. The molecule has 2 saturated heterocycles. The SMILES string of the molecule is CC(C)(C)OC(=O)N(c1ccc(CS(=O)(=O)Cc2ccc(N(C(=O)OC(C)(C)C)C3CCNC3)cc2)cc1)C1CCNC1. The zero-order valence-corrected chi connectivity index (χ0v) is 27.0. The van der Waals surface area contributed by atoms with E-state index in [1.54, 1.807) is 58.3 Å². The lowest BCUT2D eigenvalue weighted by Crippen LogP contribution is -2.44. The first kappa shape index (κ1) is 32.8. The molecule has 0 aromatic heterocycles. The van der Waals surface area contributed by atoms with E-state index in [4.69, 9.17) is 9.47 Å². The van der Waals surface area contributed by atoms with Gasteiger partial charge in [0.1, 0.15) is 11.2 Å². The number of benzene rings is 2. The minimum absolute atomic E-state index is 0.0384. The Hall–Kier alpha value is -3.15. The molecule has 10 nitrogen and oxygen atoms in total. The summed E-state index contributed by atoms with van der Waals surface area (Å²) in [7, 11) is -3.50. The maximum absolute atomic E-state index is 13.2. The van der Waals surface area contributed by atoms with E-state index in [0.29, 0.717) is 35.6 Å². The van der Waals surface area contributed by atoms with Crippen molar-refractivity contribution in [1.29, 1.82) is 0 Å². The van der Waals surface area contributed by atoms with Crippen LogP contribution in [0.4, 0.5) is 21.0 Å². The highest BCUT2D eigenvalue weighted by Gasteiger charge is 2.33. The maximum atomic E-state index is 13.2. The lowest BCUT2D eigenvalue weighted by Gasteiger charge is -2.31. The molecule has 0 aliphatic carbocycles. The highest BCUT2D eigenvalue weighted by molar-refractivity contribution is 7.89. The molecule has 0 radical (unpaired) electrons. The number of ether oxygens (including phenoxy) is 2. The number of rotatable bonds is 8. The van der Waals surface area contributed by atoms with Gasteiger partial charge in [0.2, 0.25) is 0 Å². The van der Waals surface area contributed by atoms with Crippen molar-refractivity contribution in [3.63, 3.8) is 0 Å². The van der Waals surface area contributed by atoms with Crippen molar-refractivity contribution in [2.75, 3.05) is 36.0 Å². The Bertz CT molecular complexity index is 1250.